The number of aryl methyl sites for hydroxylation is 1. The first-order chi connectivity index (χ1) is 8.69. The fraction of sp³-hybridized carbons (Fsp3) is 0.333. The molecule has 0 bridgehead atoms. The zero-order chi connectivity index (χ0) is 13.0. The minimum absolute atomic E-state index is 0.0716. The zero-order valence-corrected chi connectivity index (χ0v) is 11.7. The lowest BCUT2D eigenvalue weighted by Crippen LogP contribution is -2.02. The molecule has 1 aromatic heterocycles. The van der Waals surface area contributed by atoms with Crippen LogP contribution in [0.25, 0.3) is 0 Å². The lowest BCUT2D eigenvalue weighted by molar-refractivity contribution is 0.268. The van der Waals surface area contributed by atoms with Crippen molar-refractivity contribution in [2.24, 2.45) is 0 Å². The fourth-order valence-corrected chi connectivity index (χ4v) is 1.83. The van der Waals surface area contributed by atoms with Gasteiger partial charge in [-0.1, -0.05) is 21.1 Å². The van der Waals surface area contributed by atoms with Crippen molar-refractivity contribution < 1.29 is 5.11 Å². The molecule has 0 radical (unpaired) electrons. The van der Waals surface area contributed by atoms with Gasteiger partial charge >= 0.3 is 0 Å². The molecule has 5 nitrogen and oxygen atoms in total. The van der Waals surface area contributed by atoms with Gasteiger partial charge in [-0.15, -0.1) is 5.10 Å². The van der Waals surface area contributed by atoms with E-state index >= 15 is 0 Å². The summed E-state index contributed by atoms with van der Waals surface area (Å²) in [6.45, 7) is 3.21. The second kappa shape index (κ2) is 5.97. The van der Waals surface area contributed by atoms with Crippen molar-refractivity contribution in [2.45, 2.75) is 20.0 Å². The molecule has 2 N–H and O–H groups in total. The average molecular weight is 311 g/mol. The Labute approximate surface area is 114 Å². The van der Waals surface area contributed by atoms with Crippen LogP contribution in [-0.2, 0) is 13.1 Å². The first-order valence-electron chi connectivity index (χ1n) is 5.69. The van der Waals surface area contributed by atoms with E-state index in [2.05, 4.69) is 37.6 Å². The highest BCUT2D eigenvalue weighted by molar-refractivity contribution is 9.10. The summed E-state index contributed by atoms with van der Waals surface area (Å²) < 4.78 is 2.73. The number of nitrogens with one attached hydrogen (secondary N) is 1. The van der Waals surface area contributed by atoms with Gasteiger partial charge in [0.05, 0.1) is 25.9 Å². The number of hydrogen-bond acceptors (Lipinski definition) is 4. The van der Waals surface area contributed by atoms with Gasteiger partial charge in [0.2, 0.25) is 0 Å². The summed E-state index contributed by atoms with van der Waals surface area (Å²) in [5, 5.41) is 20.0. The lowest BCUT2D eigenvalue weighted by Gasteiger charge is -2.06. The predicted octanol–water partition coefficient (Wildman–Crippen LogP) is 1.95. The number of rotatable bonds is 5. The lowest BCUT2D eigenvalue weighted by atomic mass is 10.2. The molecule has 2 aromatic rings. The number of hydrogen-bond donors (Lipinski definition) is 2. The molecule has 0 atom stereocenters. The van der Waals surface area contributed by atoms with E-state index in [9.17, 15) is 0 Å². The second-order valence-corrected chi connectivity index (χ2v) is 4.87. The summed E-state index contributed by atoms with van der Waals surface area (Å²) in [4.78, 5) is 0. The Morgan fingerprint density at radius 1 is 1.44 bits per heavy atom. The maximum Gasteiger partial charge on any atom is 0.102 e. The molecule has 0 spiro atoms. The molecular weight excluding hydrogens is 296 g/mol. The molecule has 6 heteroatoms. The molecule has 0 unspecified atom stereocenters. The van der Waals surface area contributed by atoms with Gasteiger partial charge in [0.15, 0.2) is 0 Å². The topological polar surface area (TPSA) is 63.0 Å². The van der Waals surface area contributed by atoms with Gasteiger partial charge in [-0.25, -0.2) is 4.68 Å². The Morgan fingerprint density at radius 2 is 2.28 bits per heavy atom. The quantitative estimate of drug-likeness (QED) is 0.886. The molecular formula is C12H15BrN4O. The summed E-state index contributed by atoms with van der Waals surface area (Å²) in [6, 6.07) is 6.09. The Hall–Kier alpha value is -1.40. The third-order valence-corrected chi connectivity index (χ3v) is 3.44. The van der Waals surface area contributed by atoms with Crippen molar-refractivity contribution in [3.63, 3.8) is 0 Å². The van der Waals surface area contributed by atoms with Gasteiger partial charge in [0.1, 0.15) is 5.69 Å². The number of benzene rings is 1. The molecule has 0 aliphatic heterocycles. The third-order valence-electron chi connectivity index (χ3n) is 2.55. The van der Waals surface area contributed by atoms with Gasteiger partial charge in [-0.05, 0) is 30.7 Å². The van der Waals surface area contributed by atoms with E-state index in [1.54, 1.807) is 4.68 Å². The summed E-state index contributed by atoms with van der Waals surface area (Å²) in [5.74, 6) is 0. The van der Waals surface area contributed by atoms with Crippen LogP contribution in [-0.4, -0.2) is 26.7 Å². The van der Waals surface area contributed by atoms with E-state index in [4.69, 9.17) is 5.11 Å². The van der Waals surface area contributed by atoms with Crippen LogP contribution >= 0.6 is 15.9 Å². The van der Waals surface area contributed by atoms with Crippen molar-refractivity contribution >= 4 is 21.6 Å². The van der Waals surface area contributed by atoms with Gasteiger partial charge in [0.25, 0.3) is 0 Å². The Kier molecular flexibility index (Phi) is 4.33. The molecule has 0 aliphatic carbocycles. The number of aliphatic hydroxyl groups excluding tert-OH is 1. The second-order valence-electron chi connectivity index (χ2n) is 4.01. The highest BCUT2D eigenvalue weighted by Gasteiger charge is 2.01. The predicted molar refractivity (Wildman–Crippen MR) is 73.3 cm³/mol. The average Bonchev–Trinajstić information content (AvgIpc) is 2.79. The normalized spacial score (nSPS) is 10.6. The van der Waals surface area contributed by atoms with Gasteiger partial charge < -0.3 is 10.4 Å². The minimum Gasteiger partial charge on any atom is -0.394 e. The van der Waals surface area contributed by atoms with Crippen LogP contribution in [0.5, 0.6) is 0 Å². The monoisotopic (exact) mass is 310 g/mol. The maximum atomic E-state index is 8.78. The molecule has 0 saturated carbocycles. The van der Waals surface area contributed by atoms with E-state index in [1.165, 1.54) is 5.56 Å². The third kappa shape index (κ3) is 3.30. The van der Waals surface area contributed by atoms with Gasteiger partial charge in [-0.3, -0.25) is 0 Å². The minimum atomic E-state index is 0.0716. The summed E-state index contributed by atoms with van der Waals surface area (Å²) >= 11 is 3.47. The van der Waals surface area contributed by atoms with Crippen molar-refractivity contribution in [1.82, 2.24) is 15.0 Å². The van der Waals surface area contributed by atoms with E-state index in [1.807, 2.05) is 25.3 Å². The molecule has 1 heterocycles. The van der Waals surface area contributed by atoms with Crippen LogP contribution in [0.4, 0.5) is 5.69 Å². The maximum absolute atomic E-state index is 8.78. The Morgan fingerprint density at radius 3 is 3.00 bits per heavy atom. The number of halogens is 1. The number of aliphatic hydroxyl groups is 1. The van der Waals surface area contributed by atoms with Crippen molar-refractivity contribution in [1.29, 1.82) is 0 Å². The molecule has 96 valence electrons. The van der Waals surface area contributed by atoms with Crippen LogP contribution in [0.15, 0.2) is 28.9 Å². The number of anilines is 1. The molecule has 18 heavy (non-hydrogen) atoms. The van der Waals surface area contributed by atoms with Crippen LogP contribution in [0.3, 0.4) is 0 Å². The van der Waals surface area contributed by atoms with Crippen LogP contribution < -0.4 is 5.32 Å². The van der Waals surface area contributed by atoms with Crippen molar-refractivity contribution in [3.05, 3.63) is 40.1 Å². The van der Waals surface area contributed by atoms with Crippen LogP contribution in [0.2, 0.25) is 0 Å². The molecule has 0 amide bonds. The molecule has 2 rings (SSSR count). The highest BCUT2D eigenvalue weighted by Crippen LogP contribution is 2.20. The highest BCUT2D eigenvalue weighted by atomic mass is 79.9. The van der Waals surface area contributed by atoms with E-state index < -0.39 is 0 Å². The standard InChI is InChI=1S/C12H15BrN4O/c1-9-6-10(2-3-12(9)13)14-7-11-8-17(4-5-18)16-15-11/h2-3,6,8,14,18H,4-5,7H2,1H3. The molecule has 0 fully saturated rings. The van der Waals surface area contributed by atoms with Crippen LogP contribution in [0.1, 0.15) is 11.3 Å². The summed E-state index contributed by atoms with van der Waals surface area (Å²) in [6.07, 6.45) is 1.83. The van der Waals surface area contributed by atoms with E-state index in [-0.39, 0.29) is 6.61 Å². The van der Waals surface area contributed by atoms with Crippen molar-refractivity contribution in [3.8, 4) is 0 Å². The largest absolute Gasteiger partial charge is 0.394 e. The Bertz CT molecular complexity index is 527. The smallest absolute Gasteiger partial charge is 0.102 e. The van der Waals surface area contributed by atoms with Gasteiger partial charge in [0, 0.05) is 10.2 Å². The Balaban J connectivity index is 1.95. The first kappa shape index (κ1) is 13.0. The molecule has 0 saturated heterocycles. The molecule has 0 aliphatic rings. The summed E-state index contributed by atoms with van der Waals surface area (Å²) in [7, 11) is 0. The zero-order valence-electron chi connectivity index (χ0n) is 10.1. The van der Waals surface area contributed by atoms with Crippen molar-refractivity contribution in [2.75, 3.05) is 11.9 Å². The number of nitrogens with zero attached hydrogens (tertiary/aromatic N) is 3. The fourth-order valence-electron chi connectivity index (χ4n) is 1.58. The number of aromatic nitrogens is 3. The van der Waals surface area contributed by atoms with E-state index in [0.717, 1.165) is 15.9 Å². The summed E-state index contributed by atoms with van der Waals surface area (Å²) in [5.41, 5.74) is 3.08. The van der Waals surface area contributed by atoms with E-state index in [0.29, 0.717) is 13.1 Å². The first-order valence-corrected chi connectivity index (χ1v) is 6.48. The molecule has 1 aromatic carbocycles. The van der Waals surface area contributed by atoms with Gasteiger partial charge in [-0.2, -0.15) is 0 Å². The van der Waals surface area contributed by atoms with Crippen LogP contribution in [0, 0.1) is 6.92 Å². The SMILES string of the molecule is Cc1cc(NCc2cn(CCO)nn2)ccc1Br.